The van der Waals surface area contributed by atoms with E-state index in [1.54, 1.807) is 18.2 Å². The molecule has 0 aliphatic heterocycles. The fourth-order valence-electron chi connectivity index (χ4n) is 2.21. The van der Waals surface area contributed by atoms with E-state index in [0.29, 0.717) is 0 Å². The minimum absolute atomic E-state index is 0.0469. The van der Waals surface area contributed by atoms with Crippen molar-refractivity contribution in [1.29, 1.82) is 0 Å². The smallest absolute Gasteiger partial charge is 0.319 e. The van der Waals surface area contributed by atoms with Crippen molar-refractivity contribution >= 4 is 23.1 Å². The molecule has 0 saturated carbocycles. The molecule has 3 N–H and O–H groups in total. The number of aromatic nitrogens is 1. The van der Waals surface area contributed by atoms with Gasteiger partial charge in [0, 0.05) is 23.0 Å². The van der Waals surface area contributed by atoms with Gasteiger partial charge in [0.25, 0.3) is 0 Å². The lowest BCUT2D eigenvalue weighted by molar-refractivity contribution is 0.178. The maximum Gasteiger partial charge on any atom is 0.319 e. The predicted molar refractivity (Wildman–Crippen MR) is 92.0 cm³/mol. The van der Waals surface area contributed by atoms with Gasteiger partial charge in [-0.25, -0.2) is 9.18 Å². The van der Waals surface area contributed by atoms with Gasteiger partial charge in [-0.3, -0.25) is 0 Å². The molecule has 7 heteroatoms. The Kier molecular flexibility index (Phi) is 4.93. The highest BCUT2D eigenvalue weighted by Gasteiger charge is 2.12. The van der Waals surface area contributed by atoms with Crippen LogP contribution in [0.15, 0.2) is 60.2 Å². The summed E-state index contributed by atoms with van der Waals surface area (Å²) >= 11 is 1.41. The van der Waals surface area contributed by atoms with Crippen LogP contribution < -0.4 is 10.6 Å². The first kappa shape index (κ1) is 16.2. The molecule has 0 radical (unpaired) electrons. The van der Waals surface area contributed by atoms with E-state index in [-0.39, 0.29) is 12.2 Å². The van der Waals surface area contributed by atoms with Crippen LogP contribution >= 0.6 is 11.3 Å². The van der Waals surface area contributed by atoms with Crippen molar-refractivity contribution < 1.29 is 14.3 Å². The number of rotatable bonds is 5. The zero-order chi connectivity index (χ0) is 16.9. The van der Waals surface area contributed by atoms with Crippen molar-refractivity contribution in [2.24, 2.45) is 0 Å². The van der Waals surface area contributed by atoms with Gasteiger partial charge in [0.2, 0.25) is 0 Å². The number of thiophene rings is 1. The normalized spacial score (nSPS) is 11.9. The molecular weight excluding hydrogens is 329 g/mol. The van der Waals surface area contributed by atoms with Crippen LogP contribution in [0.5, 0.6) is 0 Å². The molecule has 3 aromatic rings. The highest BCUT2D eigenvalue weighted by atomic mass is 32.1. The second-order valence-electron chi connectivity index (χ2n) is 5.12. The van der Waals surface area contributed by atoms with Crippen molar-refractivity contribution in [1.82, 2.24) is 9.88 Å². The van der Waals surface area contributed by atoms with Gasteiger partial charge >= 0.3 is 6.03 Å². The Hall–Kier alpha value is -2.64. The molecule has 2 heterocycles. The number of urea groups is 1. The summed E-state index contributed by atoms with van der Waals surface area (Å²) in [5, 5.41) is 16.8. The van der Waals surface area contributed by atoms with Gasteiger partial charge in [0.05, 0.1) is 12.2 Å². The summed E-state index contributed by atoms with van der Waals surface area (Å²) in [6, 6.07) is 11.2. The van der Waals surface area contributed by atoms with E-state index in [1.165, 1.54) is 17.4 Å². The molecule has 0 aliphatic carbocycles. The highest BCUT2D eigenvalue weighted by Crippen LogP contribution is 2.20. The quantitative estimate of drug-likeness (QED) is 0.662. The van der Waals surface area contributed by atoms with Crippen molar-refractivity contribution in [2.45, 2.75) is 6.10 Å². The van der Waals surface area contributed by atoms with E-state index >= 15 is 0 Å². The summed E-state index contributed by atoms with van der Waals surface area (Å²) in [4.78, 5) is 12.7. The monoisotopic (exact) mass is 345 g/mol. The van der Waals surface area contributed by atoms with Crippen molar-refractivity contribution in [3.63, 3.8) is 0 Å². The average Bonchev–Trinajstić information content (AvgIpc) is 3.28. The van der Waals surface area contributed by atoms with Crippen LogP contribution in [0.3, 0.4) is 0 Å². The lowest BCUT2D eigenvalue weighted by Crippen LogP contribution is -2.32. The van der Waals surface area contributed by atoms with E-state index < -0.39 is 18.0 Å². The highest BCUT2D eigenvalue weighted by molar-refractivity contribution is 7.10. The van der Waals surface area contributed by atoms with Crippen LogP contribution in [0.4, 0.5) is 14.9 Å². The first-order chi connectivity index (χ1) is 11.6. The topological polar surface area (TPSA) is 66.3 Å². The molecule has 5 nitrogen and oxygen atoms in total. The van der Waals surface area contributed by atoms with Gasteiger partial charge in [0.1, 0.15) is 11.9 Å². The number of hydrogen-bond donors (Lipinski definition) is 3. The number of benzene rings is 1. The van der Waals surface area contributed by atoms with Crippen LogP contribution in [-0.2, 0) is 0 Å². The van der Waals surface area contributed by atoms with Crippen LogP contribution in [0.2, 0.25) is 0 Å². The predicted octanol–water partition coefficient (Wildman–Crippen LogP) is 3.53. The van der Waals surface area contributed by atoms with E-state index in [1.807, 2.05) is 40.5 Å². The number of hydrogen-bond acceptors (Lipinski definition) is 3. The van der Waals surface area contributed by atoms with Gasteiger partial charge in [0.15, 0.2) is 0 Å². The van der Waals surface area contributed by atoms with E-state index in [9.17, 15) is 14.3 Å². The third-order valence-corrected chi connectivity index (χ3v) is 4.40. The number of carbonyl (C=O) groups is 1. The van der Waals surface area contributed by atoms with Crippen LogP contribution in [-0.4, -0.2) is 22.2 Å². The second kappa shape index (κ2) is 7.29. The fraction of sp³-hybridized carbons (Fsp3) is 0.118. The molecule has 0 bridgehead atoms. The van der Waals surface area contributed by atoms with Crippen LogP contribution in [0, 0.1) is 5.82 Å². The third-order valence-electron chi connectivity index (χ3n) is 3.43. The maximum atomic E-state index is 13.9. The summed E-state index contributed by atoms with van der Waals surface area (Å²) in [5.41, 5.74) is 0.805. The number of aliphatic hydroxyl groups excluding tert-OH is 1. The summed E-state index contributed by atoms with van der Waals surface area (Å²) in [6.45, 7) is 0.0469. The number of nitrogens with one attached hydrogen (secondary N) is 2. The Morgan fingerprint density at radius 1 is 1.25 bits per heavy atom. The molecule has 0 saturated heterocycles. The molecule has 2 amide bonds. The molecule has 1 atom stereocenters. The van der Waals surface area contributed by atoms with Crippen molar-refractivity contribution in [3.05, 3.63) is 70.9 Å². The van der Waals surface area contributed by atoms with Crippen molar-refractivity contribution in [3.8, 4) is 5.69 Å². The Morgan fingerprint density at radius 2 is 2.04 bits per heavy atom. The number of aliphatic hydroxyl groups is 1. The van der Waals surface area contributed by atoms with E-state index in [2.05, 4.69) is 10.6 Å². The zero-order valence-corrected chi connectivity index (χ0v) is 13.5. The van der Waals surface area contributed by atoms with Crippen LogP contribution in [0.1, 0.15) is 11.0 Å². The molecule has 2 aromatic heterocycles. The summed E-state index contributed by atoms with van der Waals surface area (Å²) in [7, 11) is 0. The minimum atomic E-state index is -0.785. The van der Waals surface area contributed by atoms with Gasteiger partial charge in [-0.2, -0.15) is 0 Å². The van der Waals surface area contributed by atoms with Gasteiger partial charge < -0.3 is 20.3 Å². The number of amides is 2. The fourth-order valence-corrected chi connectivity index (χ4v) is 2.93. The first-order valence-corrected chi connectivity index (χ1v) is 8.20. The van der Waals surface area contributed by atoms with Gasteiger partial charge in [-0.1, -0.05) is 6.07 Å². The minimum Gasteiger partial charge on any atom is -0.386 e. The van der Waals surface area contributed by atoms with E-state index in [4.69, 9.17) is 0 Å². The Morgan fingerprint density at radius 3 is 2.75 bits per heavy atom. The molecule has 0 fully saturated rings. The molecule has 3 rings (SSSR count). The number of nitrogens with zero attached hydrogens (tertiary/aromatic N) is 1. The third kappa shape index (κ3) is 3.81. The van der Waals surface area contributed by atoms with Crippen LogP contribution in [0.25, 0.3) is 5.69 Å². The summed E-state index contributed by atoms with van der Waals surface area (Å²) in [5.74, 6) is -0.528. The average molecular weight is 345 g/mol. The first-order valence-electron chi connectivity index (χ1n) is 7.32. The maximum absolute atomic E-state index is 13.9. The molecule has 124 valence electrons. The SMILES string of the molecule is O=C(NC[C@H](O)c1cccs1)Nc1cc(-n2cccc2)ccc1F. The van der Waals surface area contributed by atoms with E-state index in [0.717, 1.165) is 10.6 Å². The van der Waals surface area contributed by atoms with Crippen molar-refractivity contribution in [2.75, 3.05) is 11.9 Å². The Bertz CT molecular complexity index is 803. The standard InChI is InChI=1S/C17H16FN3O2S/c18-13-6-5-12(21-7-1-2-8-21)10-14(13)20-17(23)19-11-15(22)16-4-3-9-24-16/h1-10,15,22H,11H2,(H2,19,20,23)/t15-/m0/s1. The largest absolute Gasteiger partial charge is 0.386 e. The Labute approximate surface area is 142 Å². The molecule has 0 unspecified atom stereocenters. The summed E-state index contributed by atoms with van der Waals surface area (Å²) in [6.07, 6.45) is 2.87. The zero-order valence-electron chi connectivity index (χ0n) is 12.6. The Balaban J connectivity index is 1.62. The van der Waals surface area contributed by atoms with Gasteiger partial charge in [-0.15, -0.1) is 11.3 Å². The summed E-state index contributed by atoms with van der Waals surface area (Å²) < 4.78 is 15.7. The van der Waals surface area contributed by atoms with Gasteiger partial charge in [-0.05, 0) is 41.8 Å². The lowest BCUT2D eigenvalue weighted by Gasteiger charge is -2.13. The molecular formula is C17H16FN3O2S. The number of carbonyl (C=O) groups excluding carboxylic acids is 1. The molecule has 1 aromatic carbocycles. The molecule has 0 aliphatic rings. The number of anilines is 1. The number of halogens is 1. The lowest BCUT2D eigenvalue weighted by atomic mass is 10.2. The molecule has 0 spiro atoms. The second-order valence-corrected chi connectivity index (χ2v) is 6.10. The molecule has 24 heavy (non-hydrogen) atoms.